The molecule has 4 nitrogen and oxygen atoms in total. The van der Waals surface area contributed by atoms with Crippen LogP contribution < -0.4 is 0 Å². The second-order valence-corrected chi connectivity index (χ2v) is 7.85. The lowest BCUT2D eigenvalue weighted by molar-refractivity contribution is 0.629. The molecule has 0 fully saturated rings. The number of nitriles is 1. The largest absolute Gasteiger partial charge is 0.337 e. The van der Waals surface area contributed by atoms with E-state index in [-0.39, 0.29) is 5.82 Å². The molecule has 0 unspecified atom stereocenters. The predicted molar refractivity (Wildman–Crippen MR) is 123 cm³/mol. The summed E-state index contributed by atoms with van der Waals surface area (Å²) >= 11 is 0. The number of fused-ring (bicyclic) bond motifs is 1. The first-order valence-corrected chi connectivity index (χ1v) is 10.6. The monoisotopic (exact) mass is 412 g/mol. The van der Waals surface area contributed by atoms with Gasteiger partial charge in [-0.25, -0.2) is 9.37 Å². The minimum atomic E-state index is -0.338. The van der Waals surface area contributed by atoms with Crippen molar-refractivity contribution >= 4 is 22.7 Å². The average molecular weight is 413 g/mol. The highest BCUT2D eigenvalue weighted by Crippen LogP contribution is 2.26. The van der Waals surface area contributed by atoms with Crippen LogP contribution in [-0.2, 0) is 6.42 Å². The maximum Gasteiger partial charge on any atom is 0.149 e. The molecule has 4 aromatic rings. The number of rotatable bonds is 6. The fraction of sp³-hybridized carbons (Fsp3) is 0.231. The zero-order valence-corrected chi connectivity index (χ0v) is 18.0. The second-order valence-electron chi connectivity index (χ2n) is 7.85. The lowest BCUT2D eigenvalue weighted by atomic mass is 10.1. The van der Waals surface area contributed by atoms with Crippen LogP contribution in [0.15, 0.2) is 48.5 Å². The molecule has 31 heavy (non-hydrogen) atoms. The Morgan fingerprint density at radius 1 is 1.16 bits per heavy atom. The number of hydrogen-bond acceptors (Lipinski definition) is 2. The van der Waals surface area contributed by atoms with E-state index in [4.69, 9.17) is 0 Å². The number of aromatic amines is 1. The lowest BCUT2D eigenvalue weighted by Gasteiger charge is -2.11. The van der Waals surface area contributed by atoms with E-state index in [9.17, 15) is 9.65 Å². The maximum atomic E-state index is 13.5. The smallest absolute Gasteiger partial charge is 0.149 e. The van der Waals surface area contributed by atoms with Crippen LogP contribution in [0.2, 0.25) is 0 Å². The van der Waals surface area contributed by atoms with Gasteiger partial charge in [0.05, 0.1) is 16.6 Å². The summed E-state index contributed by atoms with van der Waals surface area (Å²) in [5.41, 5.74) is 7.16. The molecule has 1 N–H and O–H groups in total. The molecule has 2 aromatic carbocycles. The molecule has 2 heterocycles. The van der Waals surface area contributed by atoms with Crippen molar-refractivity contribution in [3.05, 3.63) is 82.7 Å². The lowest BCUT2D eigenvalue weighted by Crippen LogP contribution is -1.99. The fourth-order valence-corrected chi connectivity index (χ4v) is 3.94. The summed E-state index contributed by atoms with van der Waals surface area (Å²) in [5, 5.41) is 9.75. The van der Waals surface area contributed by atoms with Gasteiger partial charge in [-0.3, -0.25) is 0 Å². The van der Waals surface area contributed by atoms with E-state index in [0.717, 1.165) is 29.1 Å². The molecular formula is C26H25FN4. The van der Waals surface area contributed by atoms with Gasteiger partial charge in [0, 0.05) is 17.1 Å². The minimum Gasteiger partial charge on any atom is -0.337 e. The number of benzene rings is 2. The molecule has 0 amide bonds. The predicted octanol–water partition coefficient (Wildman–Crippen LogP) is 6.52. The van der Waals surface area contributed by atoms with Gasteiger partial charge in [-0.15, -0.1) is 0 Å². The van der Waals surface area contributed by atoms with Gasteiger partial charge in [-0.05, 0) is 80.3 Å². The van der Waals surface area contributed by atoms with Gasteiger partial charge in [-0.2, -0.15) is 5.26 Å². The summed E-state index contributed by atoms with van der Waals surface area (Å²) in [6.07, 6.45) is 5.32. The number of allylic oxidation sites excluding steroid dienone is 1. The third kappa shape index (κ3) is 4.15. The zero-order chi connectivity index (χ0) is 22.0. The molecule has 0 aliphatic heterocycles. The van der Waals surface area contributed by atoms with E-state index in [1.165, 1.54) is 30.5 Å². The van der Waals surface area contributed by atoms with Crippen LogP contribution in [0.4, 0.5) is 4.39 Å². The van der Waals surface area contributed by atoms with E-state index in [0.29, 0.717) is 22.4 Å². The number of H-pyrrole nitrogens is 1. The average Bonchev–Trinajstić information content (AvgIpc) is 3.30. The molecule has 0 aliphatic rings. The number of unbranched alkanes of at least 4 members (excludes halogenated alkanes) is 1. The maximum absolute atomic E-state index is 13.5. The van der Waals surface area contributed by atoms with Gasteiger partial charge >= 0.3 is 0 Å². The van der Waals surface area contributed by atoms with Crippen molar-refractivity contribution in [3.63, 3.8) is 0 Å². The third-order valence-corrected chi connectivity index (χ3v) is 5.60. The van der Waals surface area contributed by atoms with E-state index < -0.39 is 0 Å². The van der Waals surface area contributed by atoms with Crippen LogP contribution in [-0.4, -0.2) is 14.5 Å². The first-order chi connectivity index (χ1) is 15.0. The van der Waals surface area contributed by atoms with Crippen molar-refractivity contribution in [2.24, 2.45) is 0 Å². The normalized spacial score (nSPS) is 11.8. The number of halogens is 1. The summed E-state index contributed by atoms with van der Waals surface area (Å²) in [4.78, 5) is 7.51. The zero-order valence-electron chi connectivity index (χ0n) is 18.0. The van der Waals surface area contributed by atoms with Gasteiger partial charge in [0.15, 0.2) is 0 Å². The Morgan fingerprint density at radius 3 is 2.65 bits per heavy atom. The van der Waals surface area contributed by atoms with E-state index in [1.54, 1.807) is 6.07 Å². The van der Waals surface area contributed by atoms with Crippen LogP contribution >= 0.6 is 0 Å². The summed E-state index contributed by atoms with van der Waals surface area (Å²) in [5.74, 6) is 0.0997. The van der Waals surface area contributed by atoms with Gasteiger partial charge in [0.2, 0.25) is 0 Å². The Hall–Kier alpha value is -3.65. The van der Waals surface area contributed by atoms with E-state index in [2.05, 4.69) is 64.8 Å². The molecule has 0 saturated heterocycles. The Balaban J connectivity index is 1.69. The van der Waals surface area contributed by atoms with Crippen molar-refractivity contribution in [1.82, 2.24) is 14.5 Å². The third-order valence-electron chi connectivity index (χ3n) is 5.60. The molecule has 4 rings (SSSR count). The van der Waals surface area contributed by atoms with Gasteiger partial charge in [0.1, 0.15) is 17.7 Å². The van der Waals surface area contributed by atoms with Crippen LogP contribution in [0, 0.1) is 31.0 Å². The highest BCUT2D eigenvalue weighted by Gasteiger charge is 2.13. The first kappa shape index (κ1) is 20.6. The number of nitrogens with one attached hydrogen (secondary N) is 1. The molecule has 0 saturated carbocycles. The van der Waals surface area contributed by atoms with Gasteiger partial charge in [-0.1, -0.05) is 25.5 Å². The van der Waals surface area contributed by atoms with Crippen molar-refractivity contribution in [2.75, 3.05) is 0 Å². The molecule has 0 aliphatic carbocycles. The summed E-state index contributed by atoms with van der Waals surface area (Å²) < 4.78 is 15.7. The number of aromatic nitrogens is 3. The van der Waals surface area contributed by atoms with Gasteiger partial charge < -0.3 is 9.55 Å². The number of imidazole rings is 1. The Labute approximate surface area is 181 Å². The quantitative estimate of drug-likeness (QED) is 0.367. The molecule has 2 aromatic heterocycles. The highest BCUT2D eigenvalue weighted by molar-refractivity contribution is 5.90. The van der Waals surface area contributed by atoms with Crippen molar-refractivity contribution in [2.45, 2.75) is 40.0 Å². The Kier molecular flexibility index (Phi) is 5.73. The fourth-order valence-electron chi connectivity index (χ4n) is 3.94. The van der Waals surface area contributed by atoms with Crippen molar-refractivity contribution in [1.29, 1.82) is 5.26 Å². The molecule has 0 spiro atoms. The highest BCUT2D eigenvalue weighted by atomic mass is 19.1. The van der Waals surface area contributed by atoms with Crippen molar-refractivity contribution in [3.8, 4) is 11.8 Å². The standard InChI is InChI=1S/C26H25FN4/c1-4-5-6-19-7-10-23(11-8-19)31-17(2)13-20(18(31)3)14-21(16-28)26-29-24-12-9-22(27)15-25(24)30-26/h7-15H,4-6H2,1-3H3,(H,29,30)/b21-14-. The van der Waals surface area contributed by atoms with Crippen LogP contribution in [0.25, 0.3) is 28.4 Å². The van der Waals surface area contributed by atoms with E-state index in [1.807, 2.05) is 13.0 Å². The Morgan fingerprint density at radius 2 is 1.94 bits per heavy atom. The molecule has 156 valence electrons. The molecular weight excluding hydrogens is 387 g/mol. The first-order valence-electron chi connectivity index (χ1n) is 10.6. The minimum absolute atomic E-state index is 0.338. The molecule has 0 atom stereocenters. The summed E-state index contributed by atoms with van der Waals surface area (Å²) in [7, 11) is 0. The van der Waals surface area contributed by atoms with Gasteiger partial charge in [0.25, 0.3) is 0 Å². The topological polar surface area (TPSA) is 57.4 Å². The number of nitrogens with zero attached hydrogens (tertiary/aromatic N) is 3. The molecule has 5 heteroatoms. The number of hydrogen-bond donors (Lipinski definition) is 1. The SMILES string of the molecule is CCCCc1ccc(-n2c(C)cc(/C=C(/C#N)c3nc4ccc(F)cc4[nH]3)c2C)cc1. The molecule has 0 bridgehead atoms. The van der Waals surface area contributed by atoms with Crippen molar-refractivity contribution < 1.29 is 4.39 Å². The van der Waals surface area contributed by atoms with Crippen LogP contribution in [0.3, 0.4) is 0 Å². The van der Waals surface area contributed by atoms with E-state index >= 15 is 0 Å². The van der Waals surface area contributed by atoms with Crippen LogP contribution in [0.1, 0.15) is 48.1 Å². The Bertz CT molecular complexity index is 1300. The van der Waals surface area contributed by atoms with Crippen LogP contribution in [0.5, 0.6) is 0 Å². The summed E-state index contributed by atoms with van der Waals surface area (Å²) in [6, 6.07) is 17.3. The summed E-state index contributed by atoms with van der Waals surface area (Å²) in [6.45, 7) is 6.31. The number of aryl methyl sites for hydroxylation is 2. The molecule has 0 radical (unpaired) electrons. The second kappa shape index (κ2) is 8.61.